The molecular formula is C11H8ClFN4O3. The lowest BCUT2D eigenvalue weighted by molar-refractivity contribution is -0.386. The third kappa shape index (κ3) is 2.92. The van der Waals surface area contributed by atoms with E-state index in [1.54, 1.807) is 0 Å². The fraction of sp³-hybridized carbons (Fsp3) is 0. The molecule has 0 aliphatic carbocycles. The molecule has 20 heavy (non-hydrogen) atoms. The predicted molar refractivity (Wildman–Crippen MR) is 70.2 cm³/mol. The van der Waals surface area contributed by atoms with Gasteiger partial charge in [0.05, 0.1) is 9.95 Å². The van der Waals surface area contributed by atoms with Crippen LogP contribution in [0.3, 0.4) is 0 Å². The van der Waals surface area contributed by atoms with Gasteiger partial charge < -0.3 is 10.2 Å². The van der Waals surface area contributed by atoms with Gasteiger partial charge in [-0.1, -0.05) is 11.6 Å². The van der Waals surface area contributed by atoms with Gasteiger partial charge in [0.15, 0.2) is 0 Å². The van der Waals surface area contributed by atoms with Gasteiger partial charge in [0.2, 0.25) is 0 Å². The Morgan fingerprint density at radius 1 is 1.40 bits per heavy atom. The number of rotatable bonds is 4. The number of hydrogen-bond acceptors (Lipinski definition) is 6. The molecule has 9 heteroatoms. The lowest BCUT2D eigenvalue weighted by Crippen LogP contribution is -2.09. The Balaban J connectivity index is 2.43. The van der Waals surface area contributed by atoms with Crippen LogP contribution in [0.5, 0.6) is 11.6 Å². The van der Waals surface area contributed by atoms with Gasteiger partial charge in [-0.05, 0) is 24.3 Å². The van der Waals surface area contributed by atoms with E-state index in [2.05, 4.69) is 10.4 Å². The minimum absolute atomic E-state index is 0.0350. The number of hydrogen-bond donors (Lipinski definition) is 2. The van der Waals surface area contributed by atoms with Crippen molar-refractivity contribution in [3.05, 3.63) is 51.3 Å². The van der Waals surface area contributed by atoms with Gasteiger partial charge in [-0.25, -0.2) is 10.2 Å². The van der Waals surface area contributed by atoms with E-state index in [9.17, 15) is 14.5 Å². The summed E-state index contributed by atoms with van der Waals surface area (Å²) in [6.45, 7) is 0. The molecule has 2 rings (SSSR count). The molecular weight excluding hydrogens is 291 g/mol. The lowest BCUT2D eigenvalue weighted by atomic mass is 10.3. The van der Waals surface area contributed by atoms with Crippen LogP contribution >= 0.6 is 11.6 Å². The molecule has 0 spiro atoms. The molecule has 0 fully saturated rings. The van der Waals surface area contributed by atoms with E-state index in [1.165, 1.54) is 18.2 Å². The molecule has 1 aromatic heterocycles. The third-order valence-electron chi connectivity index (χ3n) is 2.29. The quantitative estimate of drug-likeness (QED) is 0.511. The van der Waals surface area contributed by atoms with Crippen LogP contribution in [0.2, 0.25) is 5.02 Å². The molecule has 0 unspecified atom stereocenters. The second kappa shape index (κ2) is 5.68. The Hall–Kier alpha value is -2.45. The summed E-state index contributed by atoms with van der Waals surface area (Å²) in [7, 11) is 0. The molecule has 3 N–H and O–H groups in total. The molecule has 0 atom stereocenters. The third-order valence-corrected chi connectivity index (χ3v) is 2.58. The normalized spacial score (nSPS) is 10.2. The van der Waals surface area contributed by atoms with Gasteiger partial charge in [-0.15, -0.1) is 0 Å². The summed E-state index contributed by atoms with van der Waals surface area (Å²) in [5.74, 6) is 4.52. The number of nitrogens with two attached hydrogens (primary N) is 1. The van der Waals surface area contributed by atoms with Crippen LogP contribution in [0.25, 0.3) is 0 Å². The van der Waals surface area contributed by atoms with Gasteiger partial charge >= 0.3 is 11.6 Å². The predicted octanol–water partition coefficient (Wildman–Crippen LogP) is 2.86. The Morgan fingerprint density at radius 2 is 2.15 bits per heavy atom. The molecule has 2 aromatic rings. The highest BCUT2D eigenvalue weighted by molar-refractivity contribution is 6.32. The van der Waals surface area contributed by atoms with Crippen molar-refractivity contribution in [2.75, 3.05) is 5.43 Å². The van der Waals surface area contributed by atoms with Gasteiger partial charge in [-0.3, -0.25) is 10.1 Å². The zero-order valence-electron chi connectivity index (χ0n) is 9.84. The van der Waals surface area contributed by atoms with E-state index in [1.807, 2.05) is 0 Å². The summed E-state index contributed by atoms with van der Waals surface area (Å²) < 4.78 is 18.2. The van der Waals surface area contributed by atoms with E-state index < -0.39 is 10.7 Å². The molecule has 104 valence electrons. The first-order valence-electron chi connectivity index (χ1n) is 5.26. The molecule has 0 bridgehead atoms. The number of benzene rings is 1. The van der Waals surface area contributed by atoms with Crippen molar-refractivity contribution in [3.8, 4) is 11.6 Å². The number of aromatic nitrogens is 1. The number of ether oxygens (including phenoxy) is 1. The zero-order chi connectivity index (χ0) is 14.7. The first-order chi connectivity index (χ1) is 9.51. The van der Waals surface area contributed by atoms with Gasteiger partial charge in [-0.2, -0.15) is 4.98 Å². The minimum Gasteiger partial charge on any atom is -0.432 e. The zero-order valence-corrected chi connectivity index (χ0v) is 10.6. The monoisotopic (exact) mass is 298 g/mol. The number of anilines is 1. The average molecular weight is 299 g/mol. The highest BCUT2D eigenvalue weighted by Gasteiger charge is 2.19. The maximum atomic E-state index is 12.9. The summed E-state index contributed by atoms with van der Waals surface area (Å²) in [5, 5.41) is 10.9. The minimum atomic E-state index is -0.667. The smallest absolute Gasteiger partial charge is 0.331 e. The molecule has 0 aliphatic rings. The van der Waals surface area contributed by atoms with Crippen molar-refractivity contribution >= 4 is 23.1 Å². The first-order valence-corrected chi connectivity index (χ1v) is 5.64. The number of nitro groups is 1. The van der Waals surface area contributed by atoms with Crippen molar-refractivity contribution in [1.29, 1.82) is 0 Å². The van der Waals surface area contributed by atoms with Crippen molar-refractivity contribution in [2.45, 2.75) is 0 Å². The van der Waals surface area contributed by atoms with Crippen LogP contribution in [-0.4, -0.2) is 9.91 Å². The van der Waals surface area contributed by atoms with E-state index in [0.29, 0.717) is 0 Å². The van der Waals surface area contributed by atoms with Gasteiger partial charge in [0.25, 0.3) is 0 Å². The van der Waals surface area contributed by atoms with Crippen LogP contribution in [0.15, 0.2) is 30.3 Å². The maximum Gasteiger partial charge on any atom is 0.331 e. The van der Waals surface area contributed by atoms with Gasteiger partial charge in [0, 0.05) is 6.07 Å². The van der Waals surface area contributed by atoms with Crippen LogP contribution in [-0.2, 0) is 0 Å². The SMILES string of the molecule is NNc1ccc([N+](=O)[O-])c(Oc2ccc(F)cc2Cl)n1. The van der Waals surface area contributed by atoms with Crippen molar-refractivity contribution in [3.63, 3.8) is 0 Å². The molecule has 0 radical (unpaired) electrons. The van der Waals surface area contributed by atoms with Crippen LogP contribution in [0.4, 0.5) is 15.9 Å². The fourth-order valence-electron chi connectivity index (χ4n) is 1.39. The largest absolute Gasteiger partial charge is 0.432 e. The van der Waals surface area contributed by atoms with E-state index in [-0.39, 0.29) is 28.2 Å². The molecule has 1 heterocycles. The number of nitrogen functional groups attached to an aromatic ring is 1. The molecule has 1 aromatic carbocycles. The van der Waals surface area contributed by atoms with Crippen LogP contribution in [0.1, 0.15) is 0 Å². The Kier molecular flexibility index (Phi) is 3.97. The highest BCUT2D eigenvalue weighted by atomic mass is 35.5. The molecule has 7 nitrogen and oxygen atoms in total. The Labute approximate surface area is 117 Å². The fourth-order valence-corrected chi connectivity index (χ4v) is 1.60. The lowest BCUT2D eigenvalue weighted by Gasteiger charge is -2.08. The van der Waals surface area contributed by atoms with Crippen molar-refractivity contribution in [1.82, 2.24) is 4.98 Å². The van der Waals surface area contributed by atoms with Crippen LogP contribution in [0, 0.1) is 15.9 Å². The summed E-state index contributed by atoms with van der Waals surface area (Å²) in [6.07, 6.45) is 0. The van der Waals surface area contributed by atoms with E-state index in [0.717, 1.165) is 12.1 Å². The second-order valence-corrected chi connectivity index (χ2v) is 4.01. The maximum absolute atomic E-state index is 12.9. The topological polar surface area (TPSA) is 103 Å². The number of nitrogens with zero attached hydrogens (tertiary/aromatic N) is 2. The number of nitrogens with one attached hydrogen (secondary N) is 1. The Bertz CT molecular complexity index is 668. The summed E-state index contributed by atoms with van der Waals surface area (Å²) in [4.78, 5) is 14.0. The molecule has 0 saturated heterocycles. The van der Waals surface area contributed by atoms with Crippen molar-refractivity contribution < 1.29 is 14.1 Å². The van der Waals surface area contributed by atoms with Crippen molar-refractivity contribution in [2.24, 2.45) is 5.84 Å². The number of hydrazine groups is 1. The summed E-state index contributed by atoms with van der Waals surface area (Å²) >= 11 is 5.78. The van der Waals surface area contributed by atoms with Gasteiger partial charge in [0.1, 0.15) is 17.4 Å². The first kappa shape index (κ1) is 14.0. The number of pyridine rings is 1. The Morgan fingerprint density at radius 3 is 2.75 bits per heavy atom. The molecule has 0 saturated carbocycles. The molecule has 0 amide bonds. The van der Waals surface area contributed by atoms with Crippen LogP contribution < -0.4 is 16.0 Å². The second-order valence-electron chi connectivity index (χ2n) is 3.60. The van der Waals surface area contributed by atoms with E-state index >= 15 is 0 Å². The summed E-state index contributed by atoms with van der Waals surface area (Å²) in [5.41, 5.74) is 1.87. The average Bonchev–Trinajstić information content (AvgIpc) is 2.41. The van der Waals surface area contributed by atoms with E-state index in [4.69, 9.17) is 22.2 Å². The summed E-state index contributed by atoms with van der Waals surface area (Å²) in [6, 6.07) is 5.86. The highest BCUT2D eigenvalue weighted by Crippen LogP contribution is 2.34. The standard InChI is InChI=1S/C11H8ClFN4O3/c12-7-5-6(13)1-3-9(7)20-11-8(17(18)19)2-4-10(15-11)16-14/h1-5H,14H2,(H,15,16). The molecule has 0 aliphatic heterocycles. The number of halogens is 2.